The van der Waals surface area contributed by atoms with Crippen molar-refractivity contribution in [2.45, 2.75) is 69.1 Å². The summed E-state index contributed by atoms with van der Waals surface area (Å²) in [6.45, 7) is 16.3. The molecule has 0 aromatic heterocycles. The van der Waals surface area contributed by atoms with E-state index in [2.05, 4.69) is 205 Å². The van der Waals surface area contributed by atoms with Gasteiger partial charge in [-0.1, -0.05) is 174 Å². The average molecular weight is 744 g/mol. The van der Waals surface area contributed by atoms with E-state index in [1.165, 1.54) is 91.8 Å². The molecule has 3 aliphatic rings. The van der Waals surface area contributed by atoms with Gasteiger partial charge in [0.2, 0.25) is 6.71 Å². The second kappa shape index (κ2) is 12.2. The van der Waals surface area contributed by atoms with Crippen LogP contribution >= 0.6 is 11.8 Å². The van der Waals surface area contributed by atoms with Crippen molar-refractivity contribution in [2.24, 2.45) is 0 Å². The summed E-state index contributed by atoms with van der Waals surface area (Å²) in [5.74, 6) is 0. The SMILES string of the molecule is Cc1cc2c3c(c1)N(c1ccc(C(C)(C)C)cc1)c1cc4c(cc1B3c1cc(C(C)(C)C)ccc1S2)-c1ccccc1[Si]4(c1ccccc1)c1ccccc1. The van der Waals surface area contributed by atoms with Crippen LogP contribution in [0, 0.1) is 6.92 Å². The van der Waals surface area contributed by atoms with Crippen LogP contribution < -0.4 is 42.0 Å². The Morgan fingerprint density at radius 1 is 0.509 bits per heavy atom. The van der Waals surface area contributed by atoms with Gasteiger partial charge in [-0.05, 0) is 114 Å². The largest absolute Gasteiger partial charge is 0.311 e. The molecule has 0 saturated carbocycles. The highest BCUT2D eigenvalue weighted by Gasteiger charge is 2.51. The molecule has 1 nitrogen and oxygen atoms in total. The first kappa shape index (κ1) is 34.5. The lowest BCUT2D eigenvalue weighted by molar-refractivity contribution is 0.590. The molecule has 0 atom stereocenters. The van der Waals surface area contributed by atoms with E-state index in [0.717, 1.165) is 0 Å². The standard InChI is InChI=1S/C51H46BNSSi/c1-33-28-44-49-46(29-33)54-45-27-24-35(51(5,6)7)30-42(45)52(49)41-31-40-39-20-14-15-21-47(39)55(37-16-10-8-11-17-37,38-18-12-9-13-19-38)48(40)32-43(41)53(44)36-25-22-34(23-26-36)50(2,3)4/h8-32H,1-7H3. The molecule has 0 saturated heterocycles. The quantitative estimate of drug-likeness (QED) is 0.167. The van der Waals surface area contributed by atoms with Crippen molar-refractivity contribution in [2.75, 3.05) is 4.90 Å². The van der Waals surface area contributed by atoms with Crippen LogP contribution in [-0.4, -0.2) is 14.8 Å². The van der Waals surface area contributed by atoms with Crippen LogP contribution in [0.5, 0.6) is 0 Å². The molecule has 0 N–H and O–H groups in total. The minimum Gasteiger partial charge on any atom is -0.311 e. The third kappa shape index (κ3) is 5.14. The third-order valence-electron chi connectivity index (χ3n) is 12.3. The summed E-state index contributed by atoms with van der Waals surface area (Å²) in [7, 11) is -2.72. The first-order valence-electron chi connectivity index (χ1n) is 19.7. The first-order chi connectivity index (χ1) is 26.4. The van der Waals surface area contributed by atoms with Gasteiger partial charge in [-0.25, -0.2) is 0 Å². The number of fused-ring (bicyclic) bond motifs is 7. The summed E-state index contributed by atoms with van der Waals surface area (Å²) in [6.07, 6.45) is 0. The van der Waals surface area contributed by atoms with Crippen molar-refractivity contribution in [3.8, 4) is 11.1 Å². The molecule has 7 aromatic carbocycles. The second-order valence-electron chi connectivity index (χ2n) is 17.9. The van der Waals surface area contributed by atoms with E-state index in [0.29, 0.717) is 0 Å². The molecular weight excluding hydrogens is 698 g/mol. The molecule has 3 aliphatic heterocycles. The molecule has 0 unspecified atom stereocenters. The maximum atomic E-state index is 2.65. The van der Waals surface area contributed by atoms with Gasteiger partial charge in [-0.2, -0.15) is 0 Å². The first-order valence-corrected chi connectivity index (χ1v) is 22.5. The Morgan fingerprint density at radius 2 is 1.13 bits per heavy atom. The van der Waals surface area contributed by atoms with Crippen LogP contribution in [0.2, 0.25) is 0 Å². The zero-order valence-corrected chi connectivity index (χ0v) is 34.7. The fourth-order valence-corrected chi connectivity index (χ4v) is 16.1. The van der Waals surface area contributed by atoms with Crippen molar-refractivity contribution < 1.29 is 0 Å². The summed E-state index contributed by atoms with van der Waals surface area (Å²) in [4.78, 5) is 5.35. The molecule has 0 radical (unpaired) electrons. The van der Waals surface area contributed by atoms with Gasteiger partial charge in [0.25, 0.3) is 0 Å². The predicted molar refractivity (Wildman–Crippen MR) is 241 cm³/mol. The van der Waals surface area contributed by atoms with Crippen LogP contribution in [0.1, 0.15) is 58.2 Å². The van der Waals surface area contributed by atoms with Gasteiger partial charge in [0.15, 0.2) is 8.07 Å². The molecule has 3 heterocycles. The number of benzene rings is 7. The maximum absolute atomic E-state index is 2.72. The molecule has 0 aliphatic carbocycles. The van der Waals surface area contributed by atoms with Crippen LogP contribution in [0.15, 0.2) is 161 Å². The minimum absolute atomic E-state index is 0.0435. The maximum Gasteiger partial charge on any atom is 0.249 e. The molecule has 0 amide bonds. The van der Waals surface area contributed by atoms with Crippen LogP contribution in [-0.2, 0) is 10.8 Å². The summed E-state index contributed by atoms with van der Waals surface area (Å²) in [5.41, 5.74) is 15.0. The van der Waals surface area contributed by atoms with Crippen LogP contribution in [0.4, 0.5) is 17.1 Å². The highest BCUT2D eigenvalue weighted by atomic mass is 32.2. The normalized spacial score (nSPS) is 14.8. The van der Waals surface area contributed by atoms with E-state index < -0.39 is 8.07 Å². The van der Waals surface area contributed by atoms with Crippen molar-refractivity contribution in [3.05, 3.63) is 168 Å². The molecule has 55 heavy (non-hydrogen) atoms. The molecule has 4 heteroatoms. The molecular formula is C51H46BNSSi. The van der Waals surface area contributed by atoms with Crippen LogP contribution in [0.3, 0.4) is 0 Å². The smallest absolute Gasteiger partial charge is 0.249 e. The molecule has 0 fully saturated rings. The number of aryl methyl sites for hydroxylation is 1. The van der Waals surface area contributed by atoms with Crippen molar-refractivity contribution in [1.82, 2.24) is 0 Å². The molecule has 10 rings (SSSR count). The highest BCUT2D eigenvalue weighted by molar-refractivity contribution is 8.00. The fourth-order valence-electron chi connectivity index (χ4n) is 9.67. The van der Waals surface area contributed by atoms with Crippen LogP contribution in [0.25, 0.3) is 11.1 Å². The molecule has 7 aromatic rings. The number of rotatable bonds is 3. The lowest BCUT2D eigenvalue weighted by Crippen LogP contribution is -2.73. The Labute approximate surface area is 332 Å². The summed E-state index contributed by atoms with van der Waals surface area (Å²) >= 11 is 1.95. The van der Waals surface area contributed by atoms with Crippen molar-refractivity contribution in [3.63, 3.8) is 0 Å². The van der Waals surface area contributed by atoms with E-state index in [1.54, 1.807) is 0 Å². The fraction of sp³-hybridized carbons (Fsp3) is 0.176. The Bertz CT molecular complexity index is 2610. The van der Waals surface area contributed by atoms with Gasteiger partial charge in [0.1, 0.15) is 0 Å². The van der Waals surface area contributed by atoms with E-state index >= 15 is 0 Å². The van der Waals surface area contributed by atoms with Crippen molar-refractivity contribution >= 4 is 80.7 Å². The predicted octanol–water partition coefficient (Wildman–Crippen LogP) is 8.71. The van der Waals surface area contributed by atoms with E-state index in [-0.39, 0.29) is 17.5 Å². The zero-order valence-electron chi connectivity index (χ0n) is 32.9. The van der Waals surface area contributed by atoms with E-state index in [1.807, 2.05) is 11.8 Å². The van der Waals surface area contributed by atoms with Gasteiger partial charge in [0, 0.05) is 26.9 Å². The van der Waals surface area contributed by atoms with E-state index in [4.69, 9.17) is 0 Å². The number of hydrogen-bond acceptors (Lipinski definition) is 2. The zero-order chi connectivity index (χ0) is 37.9. The van der Waals surface area contributed by atoms with Gasteiger partial charge >= 0.3 is 0 Å². The second-order valence-corrected chi connectivity index (χ2v) is 22.7. The van der Waals surface area contributed by atoms with Gasteiger partial charge in [-0.3, -0.25) is 0 Å². The number of nitrogens with zero attached hydrogens (tertiary/aromatic N) is 1. The Morgan fingerprint density at radius 3 is 1.78 bits per heavy atom. The van der Waals surface area contributed by atoms with E-state index in [9.17, 15) is 0 Å². The molecule has 268 valence electrons. The molecule has 0 spiro atoms. The summed E-state index contributed by atoms with van der Waals surface area (Å²) in [5, 5.41) is 5.81. The molecule has 0 bridgehead atoms. The summed E-state index contributed by atoms with van der Waals surface area (Å²) < 4.78 is 0. The highest BCUT2D eigenvalue weighted by Crippen LogP contribution is 2.44. The van der Waals surface area contributed by atoms with Gasteiger partial charge in [0.05, 0.1) is 0 Å². The number of hydrogen-bond donors (Lipinski definition) is 0. The summed E-state index contributed by atoms with van der Waals surface area (Å²) in [6, 6.07) is 59.0. The Balaban J connectivity index is 1.34. The average Bonchev–Trinajstić information content (AvgIpc) is 3.47. The monoisotopic (exact) mass is 743 g/mol. The van der Waals surface area contributed by atoms with Crippen molar-refractivity contribution in [1.29, 1.82) is 0 Å². The lowest BCUT2D eigenvalue weighted by atomic mass is 9.34. The Hall–Kier alpha value is -5.03. The topological polar surface area (TPSA) is 3.24 Å². The lowest BCUT2D eigenvalue weighted by Gasteiger charge is -2.42. The van der Waals surface area contributed by atoms with Gasteiger partial charge in [-0.15, -0.1) is 0 Å². The van der Waals surface area contributed by atoms with Gasteiger partial charge < -0.3 is 4.90 Å². The number of anilines is 3. The minimum atomic E-state index is -2.72. The third-order valence-corrected chi connectivity index (χ3v) is 18.4. The Kier molecular flexibility index (Phi) is 7.67.